The third-order valence-corrected chi connectivity index (χ3v) is 7.27. The molecule has 0 bridgehead atoms. The molecule has 0 aromatic heterocycles. The maximum absolute atomic E-state index is 12.7. The Morgan fingerprint density at radius 3 is 2.46 bits per heavy atom. The summed E-state index contributed by atoms with van der Waals surface area (Å²) in [5.74, 6) is -0.362. The van der Waals surface area contributed by atoms with E-state index in [1.165, 1.54) is 4.31 Å². The van der Waals surface area contributed by atoms with Crippen LogP contribution in [0.4, 0.5) is 0 Å². The van der Waals surface area contributed by atoms with Crippen molar-refractivity contribution in [1.82, 2.24) is 9.21 Å². The molecule has 1 unspecified atom stereocenters. The minimum Gasteiger partial charge on any atom is -0.461 e. The number of esters is 1. The number of hydrogen-bond donors (Lipinski definition) is 0. The molecule has 2 aliphatic heterocycles. The highest BCUT2D eigenvalue weighted by Crippen LogP contribution is 2.25. The lowest BCUT2D eigenvalue weighted by molar-refractivity contribution is -0.157. The van der Waals surface area contributed by atoms with Gasteiger partial charge in [-0.25, -0.2) is 8.42 Å². The average Bonchev–Trinajstić information content (AvgIpc) is 2.69. The average molecular weight is 381 g/mol. The van der Waals surface area contributed by atoms with Gasteiger partial charge < -0.3 is 4.74 Å². The fourth-order valence-corrected chi connectivity index (χ4v) is 5.22. The molecule has 2 aliphatic rings. The van der Waals surface area contributed by atoms with E-state index in [2.05, 4.69) is 11.8 Å². The van der Waals surface area contributed by atoms with Crippen LogP contribution < -0.4 is 0 Å². The Hall–Kier alpha value is -1.44. The van der Waals surface area contributed by atoms with Crippen LogP contribution >= 0.6 is 0 Å². The molecule has 0 spiro atoms. The van der Waals surface area contributed by atoms with Gasteiger partial charge in [0.1, 0.15) is 6.10 Å². The third-order valence-electron chi connectivity index (χ3n) is 5.36. The first kappa shape index (κ1) is 19.3. The Labute approximate surface area is 156 Å². The van der Waals surface area contributed by atoms with Crippen molar-refractivity contribution in [3.63, 3.8) is 0 Å². The van der Waals surface area contributed by atoms with Gasteiger partial charge >= 0.3 is 5.97 Å². The van der Waals surface area contributed by atoms with Gasteiger partial charge in [-0.3, -0.25) is 9.69 Å². The zero-order valence-corrected chi connectivity index (χ0v) is 16.2. The second-order valence-electron chi connectivity index (χ2n) is 7.09. The van der Waals surface area contributed by atoms with Crippen LogP contribution in [-0.2, 0) is 19.6 Å². The van der Waals surface area contributed by atoms with Gasteiger partial charge in [0.05, 0.1) is 10.8 Å². The molecule has 1 atom stereocenters. The van der Waals surface area contributed by atoms with Crippen LogP contribution in [0.1, 0.15) is 32.6 Å². The quantitative estimate of drug-likeness (QED) is 0.732. The van der Waals surface area contributed by atoms with Crippen LogP contribution in [0.25, 0.3) is 0 Å². The lowest BCUT2D eigenvalue weighted by Crippen LogP contribution is -2.43. The van der Waals surface area contributed by atoms with Crippen LogP contribution in [0.3, 0.4) is 0 Å². The predicted molar refractivity (Wildman–Crippen MR) is 99.2 cm³/mol. The highest BCUT2D eigenvalue weighted by molar-refractivity contribution is 7.89. The number of benzene rings is 1. The molecule has 2 saturated heterocycles. The summed E-state index contributed by atoms with van der Waals surface area (Å²) < 4.78 is 32.5. The van der Waals surface area contributed by atoms with E-state index in [4.69, 9.17) is 4.74 Å². The second-order valence-corrected chi connectivity index (χ2v) is 9.02. The second kappa shape index (κ2) is 8.50. The highest BCUT2D eigenvalue weighted by Gasteiger charge is 2.34. The normalized spacial score (nSPS) is 23.7. The molecule has 26 heavy (non-hydrogen) atoms. The summed E-state index contributed by atoms with van der Waals surface area (Å²) in [6, 6.07) is 8.46. The number of rotatable bonds is 5. The van der Waals surface area contributed by atoms with Gasteiger partial charge in [0, 0.05) is 19.6 Å². The van der Waals surface area contributed by atoms with Crippen molar-refractivity contribution < 1.29 is 17.9 Å². The van der Waals surface area contributed by atoms with Crippen molar-refractivity contribution in [2.75, 3.05) is 32.7 Å². The van der Waals surface area contributed by atoms with Crippen molar-refractivity contribution in [3.05, 3.63) is 30.3 Å². The molecule has 2 fully saturated rings. The number of likely N-dealkylation sites (tertiary alicyclic amines) is 1. The Balaban J connectivity index is 1.52. The minimum absolute atomic E-state index is 0.0257. The molecule has 1 aromatic carbocycles. The van der Waals surface area contributed by atoms with Gasteiger partial charge in [0.2, 0.25) is 10.0 Å². The van der Waals surface area contributed by atoms with Crippen LogP contribution in [-0.4, -0.2) is 62.4 Å². The fraction of sp³-hybridized carbons (Fsp3) is 0.632. The number of ether oxygens (including phenoxy) is 1. The number of nitrogens with zero attached hydrogens (tertiary/aromatic N) is 2. The summed E-state index contributed by atoms with van der Waals surface area (Å²) in [6.45, 7) is 5.70. The molecule has 0 saturated carbocycles. The van der Waals surface area contributed by atoms with E-state index in [9.17, 15) is 13.2 Å². The first-order valence-electron chi connectivity index (χ1n) is 9.48. The van der Waals surface area contributed by atoms with E-state index in [1.807, 2.05) is 0 Å². The van der Waals surface area contributed by atoms with Crippen LogP contribution in [0.15, 0.2) is 35.2 Å². The molecule has 0 radical (unpaired) electrons. The van der Waals surface area contributed by atoms with Crippen molar-refractivity contribution >= 4 is 16.0 Å². The van der Waals surface area contributed by atoms with E-state index in [0.717, 1.165) is 32.5 Å². The van der Waals surface area contributed by atoms with Gasteiger partial charge in [0.15, 0.2) is 0 Å². The van der Waals surface area contributed by atoms with E-state index in [-0.39, 0.29) is 18.0 Å². The first-order valence-corrected chi connectivity index (χ1v) is 10.9. The molecule has 144 valence electrons. The molecule has 0 amide bonds. The summed E-state index contributed by atoms with van der Waals surface area (Å²) in [7, 11) is -3.47. The van der Waals surface area contributed by atoms with Crippen LogP contribution in [0.5, 0.6) is 0 Å². The van der Waals surface area contributed by atoms with Gasteiger partial charge in [-0.2, -0.15) is 4.31 Å². The molecule has 3 rings (SSSR count). The zero-order chi connectivity index (χ0) is 18.6. The Morgan fingerprint density at radius 1 is 1.12 bits per heavy atom. The first-order chi connectivity index (χ1) is 12.5. The summed E-state index contributed by atoms with van der Waals surface area (Å²) in [5.41, 5.74) is 0. The lowest BCUT2D eigenvalue weighted by atomic mass is 9.98. The predicted octanol–water partition coefficient (Wildman–Crippen LogP) is 2.11. The third kappa shape index (κ3) is 4.45. The van der Waals surface area contributed by atoms with Crippen molar-refractivity contribution in [3.8, 4) is 0 Å². The van der Waals surface area contributed by atoms with Gasteiger partial charge in [-0.05, 0) is 50.9 Å². The standard InChI is InChI=1S/C19H28N2O4S/c1-2-20-12-6-7-17(15-20)25-19(22)16-10-13-21(14-11-16)26(23,24)18-8-4-3-5-9-18/h3-5,8-9,16-17H,2,6-7,10-15H2,1H3. The zero-order valence-electron chi connectivity index (χ0n) is 15.3. The maximum atomic E-state index is 12.7. The fourth-order valence-electron chi connectivity index (χ4n) is 3.73. The SMILES string of the molecule is CCN1CCCC(OC(=O)C2CCN(S(=O)(=O)c3ccccc3)CC2)C1. The van der Waals surface area contributed by atoms with Gasteiger partial charge in [0.25, 0.3) is 0 Å². The minimum atomic E-state index is -3.47. The molecular weight excluding hydrogens is 352 g/mol. The summed E-state index contributed by atoms with van der Waals surface area (Å²) >= 11 is 0. The summed E-state index contributed by atoms with van der Waals surface area (Å²) in [5, 5.41) is 0. The number of likely N-dealkylation sites (N-methyl/N-ethyl adjacent to an activating group) is 1. The number of carbonyl (C=O) groups excluding carboxylic acids is 1. The van der Waals surface area contributed by atoms with Crippen LogP contribution in [0.2, 0.25) is 0 Å². The van der Waals surface area contributed by atoms with Gasteiger partial charge in [-0.1, -0.05) is 25.1 Å². The number of carbonyl (C=O) groups is 1. The molecule has 0 N–H and O–H groups in total. The smallest absolute Gasteiger partial charge is 0.309 e. The largest absolute Gasteiger partial charge is 0.461 e. The number of hydrogen-bond acceptors (Lipinski definition) is 5. The molecule has 7 heteroatoms. The number of sulfonamides is 1. The molecular formula is C19H28N2O4S. The summed E-state index contributed by atoms with van der Waals surface area (Å²) in [6.07, 6.45) is 3.00. The highest BCUT2D eigenvalue weighted by atomic mass is 32.2. The molecule has 6 nitrogen and oxygen atoms in total. The van der Waals surface area contributed by atoms with E-state index in [0.29, 0.717) is 30.8 Å². The lowest BCUT2D eigenvalue weighted by Gasteiger charge is -2.34. The maximum Gasteiger partial charge on any atom is 0.309 e. The van der Waals surface area contributed by atoms with E-state index < -0.39 is 10.0 Å². The Morgan fingerprint density at radius 2 is 1.81 bits per heavy atom. The van der Waals surface area contributed by atoms with Crippen molar-refractivity contribution in [2.24, 2.45) is 5.92 Å². The Kier molecular flexibility index (Phi) is 6.32. The van der Waals surface area contributed by atoms with E-state index in [1.54, 1.807) is 30.3 Å². The van der Waals surface area contributed by atoms with Crippen molar-refractivity contribution in [2.45, 2.75) is 43.6 Å². The van der Waals surface area contributed by atoms with Crippen LogP contribution in [0, 0.1) is 5.92 Å². The Bertz CT molecular complexity index is 700. The monoisotopic (exact) mass is 380 g/mol. The van der Waals surface area contributed by atoms with Crippen molar-refractivity contribution in [1.29, 1.82) is 0 Å². The molecule has 1 aromatic rings. The van der Waals surface area contributed by atoms with Gasteiger partial charge in [-0.15, -0.1) is 0 Å². The molecule has 2 heterocycles. The van der Waals surface area contributed by atoms with E-state index >= 15 is 0 Å². The topological polar surface area (TPSA) is 66.9 Å². The summed E-state index contributed by atoms with van der Waals surface area (Å²) in [4.78, 5) is 15.1. The number of piperidine rings is 2. The molecule has 0 aliphatic carbocycles.